The zero-order valence-corrected chi connectivity index (χ0v) is 47.3. The van der Waals surface area contributed by atoms with Crippen LogP contribution in [0.4, 0.5) is 17.1 Å². The van der Waals surface area contributed by atoms with Gasteiger partial charge in [-0.3, -0.25) is 0 Å². The molecular weight excluding hydrogens is 1050 g/mol. The number of aromatic nitrogens is 2. The molecule has 402 valence electrons. The Morgan fingerprint density at radius 2 is 0.736 bits per heavy atom. The van der Waals surface area contributed by atoms with E-state index in [1.165, 1.54) is 144 Å². The van der Waals surface area contributed by atoms with Crippen LogP contribution in [-0.2, 0) is 10.8 Å². The predicted molar refractivity (Wildman–Crippen MR) is 360 cm³/mol. The summed E-state index contributed by atoms with van der Waals surface area (Å²) in [6, 6.07) is 117. The number of hydrogen-bond donors (Lipinski definition) is 0. The molecule has 0 saturated carbocycles. The van der Waals surface area contributed by atoms with Gasteiger partial charge in [-0.1, -0.05) is 243 Å². The van der Waals surface area contributed by atoms with Crippen molar-refractivity contribution in [2.24, 2.45) is 0 Å². The number of nitrogens with zero attached hydrogens (tertiary/aromatic N) is 3. The zero-order chi connectivity index (χ0) is 56.7. The van der Waals surface area contributed by atoms with Crippen LogP contribution < -0.4 is 4.90 Å². The van der Waals surface area contributed by atoms with Gasteiger partial charge in [0.2, 0.25) is 0 Å². The molecule has 2 spiro atoms. The Morgan fingerprint density at radius 1 is 0.253 bits per heavy atom. The minimum Gasteiger partial charge on any atom is -0.310 e. The molecule has 1 atom stereocenters. The van der Waals surface area contributed by atoms with Gasteiger partial charge in [-0.05, 0) is 161 Å². The summed E-state index contributed by atoms with van der Waals surface area (Å²) in [5.41, 5.74) is 29.9. The van der Waals surface area contributed by atoms with Crippen LogP contribution in [0.2, 0.25) is 0 Å². The van der Waals surface area contributed by atoms with Gasteiger partial charge in [0.15, 0.2) is 0 Å². The molecule has 14 aromatic carbocycles. The summed E-state index contributed by atoms with van der Waals surface area (Å²) >= 11 is 0. The third-order valence-corrected chi connectivity index (χ3v) is 20.3. The van der Waals surface area contributed by atoms with Gasteiger partial charge in [0.05, 0.1) is 44.3 Å². The summed E-state index contributed by atoms with van der Waals surface area (Å²) in [4.78, 5) is 2.59. The van der Waals surface area contributed by atoms with Crippen molar-refractivity contribution >= 4 is 71.4 Å². The molecule has 2 aromatic heterocycles. The van der Waals surface area contributed by atoms with Crippen LogP contribution in [0.25, 0.3) is 110 Å². The first-order valence-electron chi connectivity index (χ1n) is 30.4. The molecule has 0 amide bonds. The minimum atomic E-state index is -0.637. The first-order chi connectivity index (χ1) is 43.2. The third kappa shape index (κ3) is 5.91. The predicted octanol–water partition coefficient (Wildman–Crippen LogP) is 21.2. The first-order valence-corrected chi connectivity index (χ1v) is 30.4. The van der Waals surface area contributed by atoms with Crippen molar-refractivity contribution in [2.75, 3.05) is 4.90 Å². The Balaban J connectivity index is 0.865. The zero-order valence-electron chi connectivity index (χ0n) is 47.3. The van der Waals surface area contributed by atoms with E-state index in [1.54, 1.807) is 0 Å². The van der Waals surface area contributed by atoms with E-state index in [0.29, 0.717) is 0 Å². The molecule has 0 radical (unpaired) electrons. The Labute approximate surface area is 503 Å². The lowest BCUT2D eigenvalue weighted by atomic mass is 9.65. The second kappa shape index (κ2) is 17.2. The van der Waals surface area contributed by atoms with Crippen molar-refractivity contribution in [1.29, 1.82) is 0 Å². The van der Waals surface area contributed by atoms with E-state index in [-0.39, 0.29) is 0 Å². The molecule has 0 bridgehead atoms. The van der Waals surface area contributed by atoms with Crippen molar-refractivity contribution in [3.63, 3.8) is 0 Å². The van der Waals surface area contributed by atoms with Crippen LogP contribution in [0, 0.1) is 0 Å². The van der Waals surface area contributed by atoms with Gasteiger partial charge in [-0.2, -0.15) is 0 Å². The van der Waals surface area contributed by atoms with Crippen LogP contribution in [-0.4, -0.2) is 9.13 Å². The highest BCUT2D eigenvalue weighted by atomic mass is 15.1. The van der Waals surface area contributed by atoms with Crippen LogP contribution in [0.3, 0.4) is 0 Å². The lowest BCUT2D eigenvalue weighted by Crippen LogP contribution is -2.33. The third-order valence-electron chi connectivity index (χ3n) is 20.3. The van der Waals surface area contributed by atoms with Gasteiger partial charge in [0.1, 0.15) is 0 Å². The summed E-state index contributed by atoms with van der Waals surface area (Å²) < 4.78 is 4.96. The largest absolute Gasteiger partial charge is 0.310 e. The highest BCUT2D eigenvalue weighted by Crippen LogP contribution is 2.66. The van der Waals surface area contributed by atoms with E-state index >= 15 is 0 Å². The first kappa shape index (κ1) is 47.1. The molecule has 1 aliphatic heterocycles. The van der Waals surface area contributed by atoms with Gasteiger partial charge in [0, 0.05) is 44.0 Å². The Hall–Kier alpha value is -11.3. The van der Waals surface area contributed by atoms with E-state index in [0.717, 1.165) is 28.3 Å². The van der Waals surface area contributed by atoms with Gasteiger partial charge in [0.25, 0.3) is 0 Å². The minimum absolute atomic E-state index is 0.555. The van der Waals surface area contributed by atoms with Gasteiger partial charge < -0.3 is 14.0 Å². The number of benzene rings is 14. The number of anilines is 3. The van der Waals surface area contributed by atoms with E-state index in [4.69, 9.17) is 0 Å². The van der Waals surface area contributed by atoms with Gasteiger partial charge in [-0.25, -0.2) is 0 Å². The highest BCUT2D eigenvalue weighted by Gasteiger charge is 2.54. The van der Waals surface area contributed by atoms with Crippen molar-refractivity contribution in [2.45, 2.75) is 10.8 Å². The second-order valence-corrected chi connectivity index (χ2v) is 24.1. The quantitative estimate of drug-likeness (QED) is 0.167. The molecule has 4 aliphatic rings. The maximum Gasteiger partial charge on any atom is 0.0755 e. The average molecular weight is 1100 g/mol. The Bertz CT molecular complexity index is 5620. The molecule has 3 heteroatoms. The van der Waals surface area contributed by atoms with Crippen LogP contribution in [0.5, 0.6) is 0 Å². The molecular formula is C84H51N3. The molecule has 0 fully saturated rings. The number of fused-ring (bicyclic) bond motifs is 27. The average Bonchev–Trinajstić information content (AvgIpc) is 1.67. The van der Waals surface area contributed by atoms with Crippen LogP contribution >= 0.6 is 0 Å². The Kier molecular flexibility index (Phi) is 9.32. The standard InChI is InChI=1S/C84H51N3/c1-2-21-54(22-3-1)86-76-38-17-10-26-61(76)64-47-43-53(49-79(64)86)52-41-44-55(45-42-52)85(80-51-75-81(65-29-5-4-27-62(65)80)67-30-9-15-35-71(67)83(75)68-32-12-6-23-57(68)58-24-7-13-33-69(58)83)56-46-48-60-59-25-8-14-34-70(59)84(74(60)50-56)72-36-16-19-40-78(72)87-77-39-18-11-28-63(77)66-31-20-37-73(84)82(66)87/h1-51H. The topological polar surface area (TPSA) is 13.1 Å². The molecule has 20 rings (SSSR count). The number of hydrogen-bond acceptors (Lipinski definition) is 1. The van der Waals surface area contributed by atoms with E-state index in [2.05, 4.69) is 323 Å². The summed E-state index contributed by atoms with van der Waals surface area (Å²) in [5, 5.41) is 7.47. The molecule has 87 heavy (non-hydrogen) atoms. The molecule has 3 heterocycles. The maximum atomic E-state index is 2.59. The van der Waals surface area contributed by atoms with Crippen molar-refractivity contribution < 1.29 is 0 Å². The molecule has 16 aromatic rings. The normalized spacial score (nSPS) is 15.0. The van der Waals surface area contributed by atoms with Gasteiger partial charge in [-0.15, -0.1) is 0 Å². The molecule has 0 N–H and O–H groups in total. The van der Waals surface area contributed by atoms with E-state index in [1.807, 2.05) is 0 Å². The number of para-hydroxylation sites is 5. The van der Waals surface area contributed by atoms with Crippen LogP contribution in [0.1, 0.15) is 44.5 Å². The van der Waals surface area contributed by atoms with Crippen LogP contribution in [0.15, 0.2) is 309 Å². The summed E-state index contributed by atoms with van der Waals surface area (Å²) in [7, 11) is 0. The summed E-state index contributed by atoms with van der Waals surface area (Å²) in [6.45, 7) is 0. The van der Waals surface area contributed by atoms with Crippen molar-refractivity contribution in [3.05, 3.63) is 354 Å². The molecule has 0 saturated heterocycles. The fraction of sp³-hybridized carbons (Fsp3) is 0.0238. The second-order valence-electron chi connectivity index (χ2n) is 24.1. The van der Waals surface area contributed by atoms with E-state index < -0.39 is 10.8 Å². The molecule has 3 nitrogen and oxygen atoms in total. The molecule has 1 unspecified atom stereocenters. The smallest absolute Gasteiger partial charge is 0.0755 e. The monoisotopic (exact) mass is 1100 g/mol. The van der Waals surface area contributed by atoms with Crippen molar-refractivity contribution in [3.8, 4) is 55.9 Å². The number of rotatable bonds is 5. The summed E-state index contributed by atoms with van der Waals surface area (Å²) in [6.07, 6.45) is 0. The summed E-state index contributed by atoms with van der Waals surface area (Å²) in [5.74, 6) is 0. The lowest BCUT2D eigenvalue weighted by Gasteiger charge is -2.40. The highest BCUT2D eigenvalue weighted by molar-refractivity contribution is 6.15. The maximum absolute atomic E-state index is 2.59. The van der Waals surface area contributed by atoms with E-state index in [9.17, 15) is 0 Å². The molecule has 3 aliphatic carbocycles. The lowest BCUT2D eigenvalue weighted by molar-refractivity contribution is 0.748. The van der Waals surface area contributed by atoms with Crippen molar-refractivity contribution in [1.82, 2.24) is 9.13 Å². The fourth-order valence-electron chi connectivity index (χ4n) is 17.0. The SMILES string of the molecule is c1ccc(-n2c3ccccc3c3ccc(-c4ccc(N(c5ccc6c(c5)C5(c7ccccc7-6)c6ccccc6-n6c7ccccc7c7cccc5c76)c5cc6c(c7ccccc57)-c5ccccc5C65c6ccccc6-c6ccccc65)cc4)cc32)cc1. The van der Waals surface area contributed by atoms with Gasteiger partial charge >= 0.3 is 0 Å². The fourth-order valence-corrected chi connectivity index (χ4v) is 17.0. The Morgan fingerprint density at radius 3 is 1.44 bits per heavy atom.